The molecular weight excluding hydrogens is 376 g/mol. The van der Waals surface area contributed by atoms with Gasteiger partial charge < -0.3 is 0 Å². The van der Waals surface area contributed by atoms with E-state index in [9.17, 15) is 13.2 Å². The van der Waals surface area contributed by atoms with Gasteiger partial charge in [-0.05, 0) is 48.7 Å². The third kappa shape index (κ3) is 3.73. The van der Waals surface area contributed by atoms with Crippen molar-refractivity contribution in [2.45, 2.75) is 25.7 Å². The minimum atomic E-state index is -3.32. The average molecular weight is 396 g/mol. The molecule has 0 unspecified atom stereocenters. The maximum atomic E-state index is 12.7. The Morgan fingerprint density at radius 3 is 2.79 bits per heavy atom. The minimum absolute atomic E-state index is 0.0458. The fourth-order valence-electron chi connectivity index (χ4n) is 3.54. The molecule has 0 aliphatic carbocycles. The van der Waals surface area contributed by atoms with Crippen LogP contribution < -0.4 is 4.31 Å². The van der Waals surface area contributed by atoms with Gasteiger partial charge in [-0.3, -0.25) is 14.1 Å². The van der Waals surface area contributed by atoms with Crippen LogP contribution in [0.25, 0.3) is 0 Å². The predicted molar refractivity (Wildman–Crippen MR) is 109 cm³/mol. The third-order valence-electron chi connectivity index (χ3n) is 4.89. The highest BCUT2D eigenvalue weighted by atomic mass is 32.2. The van der Waals surface area contributed by atoms with Gasteiger partial charge in [0.25, 0.3) is 0 Å². The molecule has 0 radical (unpaired) electrons. The van der Waals surface area contributed by atoms with Crippen molar-refractivity contribution in [2.24, 2.45) is 10.2 Å². The lowest BCUT2D eigenvalue weighted by Crippen LogP contribution is -2.34. The van der Waals surface area contributed by atoms with Gasteiger partial charge in [-0.2, -0.15) is 10.2 Å². The number of aryl methyl sites for hydroxylation is 1. The van der Waals surface area contributed by atoms with E-state index in [0.717, 1.165) is 29.8 Å². The van der Waals surface area contributed by atoms with Gasteiger partial charge in [-0.15, -0.1) is 0 Å². The molecule has 2 aliphatic heterocycles. The van der Waals surface area contributed by atoms with Gasteiger partial charge in [-0.1, -0.05) is 6.07 Å². The first kappa shape index (κ1) is 18.5. The van der Waals surface area contributed by atoms with Crippen molar-refractivity contribution in [1.29, 1.82) is 0 Å². The van der Waals surface area contributed by atoms with Crippen molar-refractivity contribution in [2.75, 3.05) is 17.1 Å². The number of carbonyl (C=O) groups excluding carboxylic acids is 1. The van der Waals surface area contributed by atoms with Crippen LogP contribution in [0, 0.1) is 0 Å². The summed E-state index contributed by atoms with van der Waals surface area (Å²) in [7, 11) is -3.32. The molecule has 0 fully saturated rings. The molecular formula is C20H20N4O3S. The van der Waals surface area contributed by atoms with Crippen molar-refractivity contribution < 1.29 is 13.2 Å². The summed E-state index contributed by atoms with van der Waals surface area (Å²) in [5.74, 6) is -0.0458. The van der Waals surface area contributed by atoms with Crippen LogP contribution in [0.5, 0.6) is 0 Å². The number of fused-ring (bicyclic) bond motifs is 1. The molecule has 7 nitrogen and oxygen atoms in total. The second kappa shape index (κ2) is 7.27. The Bertz CT molecular complexity index is 1090. The Hall–Kier alpha value is -2.87. The molecule has 4 rings (SSSR count). The Morgan fingerprint density at radius 1 is 1.18 bits per heavy atom. The molecule has 28 heavy (non-hydrogen) atoms. The fourth-order valence-corrected chi connectivity index (χ4v) is 4.53. The highest BCUT2D eigenvalue weighted by Crippen LogP contribution is 2.30. The summed E-state index contributed by atoms with van der Waals surface area (Å²) in [6.45, 7) is 0.476. The minimum Gasteiger partial charge on any atom is -0.294 e. The number of aromatic nitrogens is 1. The zero-order valence-electron chi connectivity index (χ0n) is 15.5. The number of hydrogen-bond donors (Lipinski definition) is 0. The molecule has 144 valence electrons. The van der Waals surface area contributed by atoms with E-state index in [1.54, 1.807) is 18.3 Å². The summed E-state index contributed by atoms with van der Waals surface area (Å²) < 4.78 is 25.4. The van der Waals surface area contributed by atoms with E-state index in [2.05, 4.69) is 15.2 Å². The predicted octanol–water partition coefficient (Wildman–Crippen LogP) is 2.62. The van der Waals surface area contributed by atoms with Crippen LogP contribution >= 0.6 is 0 Å². The van der Waals surface area contributed by atoms with Gasteiger partial charge in [-0.25, -0.2) is 8.42 Å². The lowest BCUT2D eigenvalue weighted by molar-refractivity contribution is 0.100. The smallest absolute Gasteiger partial charge is 0.232 e. The number of ketones is 1. The Balaban J connectivity index is 1.47. The van der Waals surface area contributed by atoms with E-state index in [4.69, 9.17) is 0 Å². The number of carbonyl (C=O) groups is 1. The molecule has 0 amide bonds. The van der Waals surface area contributed by atoms with Crippen molar-refractivity contribution in [3.05, 3.63) is 59.4 Å². The van der Waals surface area contributed by atoms with E-state index in [0.29, 0.717) is 29.9 Å². The molecule has 2 aromatic rings. The van der Waals surface area contributed by atoms with Gasteiger partial charge in [0.1, 0.15) is 0 Å². The average Bonchev–Trinajstić information content (AvgIpc) is 3.15. The van der Waals surface area contributed by atoms with Crippen molar-refractivity contribution in [1.82, 2.24) is 4.98 Å². The van der Waals surface area contributed by atoms with Gasteiger partial charge >= 0.3 is 0 Å². The molecule has 0 N–H and O–H groups in total. The van der Waals surface area contributed by atoms with Gasteiger partial charge in [0.15, 0.2) is 5.78 Å². The van der Waals surface area contributed by atoms with E-state index in [-0.39, 0.29) is 12.2 Å². The van der Waals surface area contributed by atoms with E-state index in [1.807, 2.05) is 24.3 Å². The van der Waals surface area contributed by atoms with Crippen molar-refractivity contribution >= 4 is 32.9 Å². The maximum Gasteiger partial charge on any atom is 0.232 e. The van der Waals surface area contributed by atoms with Crippen molar-refractivity contribution in [3.8, 4) is 0 Å². The molecule has 8 heteroatoms. The summed E-state index contributed by atoms with van der Waals surface area (Å²) >= 11 is 0. The topological polar surface area (TPSA) is 92.1 Å². The maximum absolute atomic E-state index is 12.7. The number of sulfonamides is 1. The van der Waals surface area contributed by atoms with Crippen LogP contribution in [0.15, 0.2) is 52.8 Å². The number of Topliss-reactive ketones (excluding diaryl/α,β-unsaturated/α-hetero) is 1. The van der Waals surface area contributed by atoms with Crippen molar-refractivity contribution in [3.63, 3.8) is 0 Å². The molecule has 0 saturated heterocycles. The number of benzene rings is 1. The zero-order valence-corrected chi connectivity index (χ0v) is 16.3. The Kier molecular flexibility index (Phi) is 4.80. The summed E-state index contributed by atoms with van der Waals surface area (Å²) in [5, 5.41) is 8.30. The highest BCUT2D eigenvalue weighted by Gasteiger charge is 2.25. The van der Waals surface area contributed by atoms with Gasteiger partial charge in [0.2, 0.25) is 10.0 Å². The molecule has 0 saturated carbocycles. The molecule has 3 heterocycles. The van der Waals surface area contributed by atoms with Crippen LogP contribution in [0.3, 0.4) is 0 Å². The molecule has 2 aliphatic rings. The molecule has 0 spiro atoms. The van der Waals surface area contributed by atoms with Crippen LogP contribution in [-0.2, 0) is 16.4 Å². The normalized spacial score (nSPS) is 16.4. The fraction of sp³-hybridized carbons (Fsp3) is 0.300. The first-order valence-corrected chi connectivity index (χ1v) is 10.9. The summed E-state index contributed by atoms with van der Waals surface area (Å²) in [6.07, 6.45) is 5.11. The number of pyridine rings is 1. The molecule has 0 atom stereocenters. The third-order valence-corrected chi connectivity index (χ3v) is 6.07. The molecule has 1 aromatic heterocycles. The van der Waals surface area contributed by atoms with Crippen LogP contribution in [0.4, 0.5) is 5.69 Å². The van der Waals surface area contributed by atoms with E-state index >= 15 is 0 Å². The van der Waals surface area contributed by atoms with E-state index < -0.39 is 10.0 Å². The lowest BCUT2D eigenvalue weighted by atomic mass is 9.96. The first-order valence-electron chi connectivity index (χ1n) is 9.09. The summed E-state index contributed by atoms with van der Waals surface area (Å²) in [5.41, 5.74) is 4.37. The first-order chi connectivity index (χ1) is 13.4. The Morgan fingerprint density at radius 2 is 2.04 bits per heavy atom. The molecule has 1 aromatic carbocycles. The number of hydrogen-bond acceptors (Lipinski definition) is 6. The lowest BCUT2D eigenvalue weighted by Gasteiger charge is -2.29. The van der Waals surface area contributed by atoms with Crippen LogP contribution in [-0.4, -0.2) is 43.4 Å². The monoisotopic (exact) mass is 396 g/mol. The number of nitrogens with zero attached hydrogens (tertiary/aromatic N) is 4. The second-order valence-corrected chi connectivity index (χ2v) is 8.89. The van der Waals surface area contributed by atoms with Gasteiger partial charge in [0, 0.05) is 24.7 Å². The number of anilines is 1. The Labute approximate surface area is 163 Å². The largest absolute Gasteiger partial charge is 0.294 e. The second-order valence-electron chi connectivity index (χ2n) is 6.99. The summed E-state index contributed by atoms with van der Waals surface area (Å²) in [6, 6.07) is 10.8. The van der Waals surface area contributed by atoms with E-state index in [1.165, 1.54) is 10.6 Å². The SMILES string of the molecule is CS(=O)(=O)N1CCCc2cc(C(=O)CC3=NN=C(c4ccccn4)C3)ccc21. The van der Waals surface area contributed by atoms with Gasteiger partial charge in [0.05, 0.1) is 35.5 Å². The molecule has 0 bridgehead atoms. The summed E-state index contributed by atoms with van der Waals surface area (Å²) in [4.78, 5) is 17.0. The number of rotatable bonds is 5. The quantitative estimate of drug-likeness (QED) is 0.726. The standard InChI is InChI=1S/C20H20N4O3S/c1-28(26,27)24-10-4-5-14-11-15(7-8-19(14)24)20(25)13-16-12-18(23-22-16)17-6-2-3-9-21-17/h2-3,6-9,11H,4-5,10,12-13H2,1H3. The highest BCUT2D eigenvalue weighted by molar-refractivity contribution is 7.92. The van der Waals surface area contributed by atoms with Crippen LogP contribution in [0.2, 0.25) is 0 Å². The zero-order chi connectivity index (χ0) is 19.7. The van der Waals surface area contributed by atoms with Crippen LogP contribution in [0.1, 0.15) is 40.9 Å².